The SMILES string of the molecule is COc1cc(CC(=O)c2ccc(Cl)cc2)c2cc1Oc1ccc(cc1)C[C@H]1c3cc(c(C)cc3CCN1C)Oc1c(OC)c(OC)cc3c1[C@H](C2)N(C)CC3. The Labute approximate surface area is 328 Å². The fourth-order valence-electron chi connectivity index (χ4n) is 8.50. The van der Waals surface area contributed by atoms with Gasteiger partial charge in [-0.3, -0.25) is 14.6 Å². The number of ketones is 1. The summed E-state index contributed by atoms with van der Waals surface area (Å²) < 4.78 is 31.8. The Hall–Kier alpha value is -5.02. The van der Waals surface area contributed by atoms with Crippen molar-refractivity contribution in [3.63, 3.8) is 0 Å². The highest BCUT2D eigenvalue weighted by Gasteiger charge is 2.35. The fourth-order valence-corrected chi connectivity index (χ4v) is 8.62. The number of hydrogen-bond acceptors (Lipinski definition) is 8. The van der Waals surface area contributed by atoms with E-state index in [2.05, 4.69) is 61.2 Å². The minimum absolute atomic E-state index is 0.0154. The number of nitrogens with zero attached hydrogens (tertiary/aromatic N) is 2. The van der Waals surface area contributed by atoms with Crippen LogP contribution in [0.1, 0.15) is 66.9 Å². The number of likely N-dealkylation sites (N-methyl/N-ethyl adjacent to an activating group) is 2. The maximum Gasteiger partial charge on any atom is 0.204 e. The smallest absolute Gasteiger partial charge is 0.204 e. The molecule has 0 saturated heterocycles. The Bertz CT molecular complexity index is 2250. The molecule has 0 saturated carbocycles. The zero-order chi connectivity index (χ0) is 38.4. The van der Waals surface area contributed by atoms with Crippen LogP contribution in [0.25, 0.3) is 0 Å². The summed E-state index contributed by atoms with van der Waals surface area (Å²) in [4.78, 5) is 18.6. The van der Waals surface area contributed by atoms with Gasteiger partial charge in [0.25, 0.3) is 0 Å². The van der Waals surface area contributed by atoms with Crippen LogP contribution in [0.2, 0.25) is 5.02 Å². The number of methoxy groups -OCH3 is 3. The van der Waals surface area contributed by atoms with Gasteiger partial charge in [-0.25, -0.2) is 0 Å². The predicted octanol–water partition coefficient (Wildman–Crippen LogP) is 9.54. The summed E-state index contributed by atoms with van der Waals surface area (Å²) in [6.07, 6.45) is 3.35. The molecule has 0 fully saturated rings. The van der Waals surface area contributed by atoms with Gasteiger partial charge in [0, 0.05) is 47.7 Å². The highest BCUT2D eigenvalue weighted by Crippen LogP contribution is 2.51. The van der Waals surface area contributed by atoms with Crippen LogP contribution in [-0.2, 0) is 32.1 Å². The Morgan fingerprint density at radius 1 is 0.745 bits per heavy atom. The standard InChI is InChI=1S/C46H47ClN2O6/c1-27-19-30-15-17-48(2)37-20-28-7-13-35(14-8-28)54-42-25-32(33(24-41(42)51-4)22-39(50)29-9-11-34(47)12-10-29)21-38-44-31(16-18-49(38)3)23-43(52-5)45(53-6)46(44)55-40(27)26-36(30)37/h7-14,19,23-26,37-38H,15-18,20-22H2,1-6H3/t37-,38-/m0/s1. The number of halogens is 1. The van der Waals surface area contributed by atoms with Crippen molar-refractivity contribution < 1.29 is 28.5 Å². The van der Waals surface area contributed by atoms with Crippen molar-refractivity contribution in [2.45, 2.75) is 51.1 Å². The van der Waals surface area contributed by atoms with E-state index in [-0.39, 0.29) is 24.3 Å². The van der Waals surface area contributed by atoms with E-state index in [1.807, 2.05) is 24.3 Å². The predicted molar refractivity (Wildman–Crippen MR) is 215 cm³/mol. The summed E-state index contributed by atoms with van der Waals surface area (Å²) in [5.74, 6) is 4.46. The Morgan fingerprint density at radius 2 is 1.45 bits per heavy atom. The highest BCUT2D eigenvalue weighted by molar-refractivity contribution is 6.30. The van der Waals surface area contributed by atoms with E-state index < -0.39 is 0 Å². The molecule has 8 nitrogen and oxygen atoms in total. The van der Waals surface area contributed by atoms with E-state index in [4.69, 9.17) is 35.3 Å². The zero-order valence-corrected chi connectivity index (χ0v) is 33.1. The van der Waals surface area contributed by atoms with Gasteiger partial charge in [-0.1, -0.05) is 29.8 Å². The van der Waals surface area contributed by atoms with Crippen molar-refractivity contribution in [3.05, 3.63) is 134 Å². The first-order valence-corrected chi connectivity index (χ1v) is 19.3. The lowest BCUT2D eigenvalue weighted by Gasteiger charge is -2.38. The summed E-state index contributed by atoms with van der Waals surface area (Å²) in [7, 11) is 9.32. The van der Waals surface area contributed by atoms with E-state index in [1.165, 1.54) is 16.7 Å². The van der Waals surface area contributed by atoms with Crippen LogP contribution in [-0.4, -0.2) is 64.1 Å². The molecule has 0 unspecified atom stereocenters. The van der Waals surface area contributed by atoms with Gasteiger partial charge in [-0.05, 0) is 146 Å². The minimum Gasteiger partial charge on any atom is -0.493 e. The largest absolute Gasteiger partial charge is 0.493 e. The van der Waals surface area contributed by atoms with Gasteiger partial charge in [0.1, 0.15) is 11.5 Å². The molecule has 4 aliphatic heterocycles. The van der Waals surface area contributed by atoms with Gasteiger partial charge >= 0.3 is 0 Å². The lowest BCUT2D eigenvalue weighted by molar-refractivity contribution is 0.0992. The van der Waals surface area contributed by atoms with Gasteiger partial charge < -0.3 is 23.7 Å². The molecule has 5 aromatic rings. The number of carbonyl (C=O) groups is 1. The number of rotatable bonds is 6. The van der Waals surface area contributed by atoms with Crippen LogP contribution in [0.3, 0.4) is 0 Å². The Morgan fingerprint density at radius 3 is 2.16 bits per heavy atom. The van der Waals surface area contributed by atoms with E-state index >= 15 is 0 Å². The van der Waals surface area contributed by atoms with Crippen molar-refractivity contribution in [3.8, 4) is 40.2 Å². The van der Waals surface area contributed by atoms with Crippen LogP contribution in [0, 0.1) is 6.92 Å². The number of Topliss-reactive ketones (excluding diaryl/α,β-unsaturated/α-hetero) is 1. The second kappa shape index (κ2) is 15.3. The van der Waals surface area contributed by atoms with Crippen LogP contribution < -0.4 is 23.7 Å². The summed E-state index contributed by atoms with van der Waals surface area (Å²) >= 11 is 6.17. The van der Waals surface area contributed by atoms with Crippen LogP contribution in [0.15, 0.2) is 78.9 Å². The van der Waals surface area contributed by atoms with E-state index in [1.54, 1.807) is 45.6 Å². The first-order valence-electron chi connectivity index (χ1n) is 18.9. The third-order valence-electron chi connectivity index (χ3n) is 11.6. The molecule has 0 N–H and O–H groups in total. The molecule has 4 heterocycles. The molecular weight excluding hydrogens is 712 g/mol. The third-order valence-corrected chi connectivity index (χ3v) is 11.9. The number of aryl methyl sites for hydroxylation is 1. The monoisotopic (exact) mass is 758 g/mol. The Balaban J connectivity index is 1.34. The molecule has 55 heavy (non-hydrogen) atoms. The molecule has 284 valence electrons. The second-order valence-electron chi connectivity index (χ2n) is 15.0. The van der Waals surface area contributed by atoms with Crippen LogP contribution >= 0.6 is 11.6 Å². The van der Waals surface area contributed by atoms with Crippen molar-refractivity contribution in [1.82, 2.24) is 9.80 Å². The Kier molecular flexibility index (Phi) is 10.2. The third kappa shape index (κ3) is 7.15. The zero-order valence-electron chi connectivity index (χ0n) is 32.3. The second-order valence-corrected chi connectivity index (χ2v) is 15.4. The van der Waals surface area contributed by atoms with Gasteiger partial charge in [0.05, 0.1) is 21.3 Å². The van der Waals surface area contributed by atoms with Crippen LogP contribution in [0.5, 0.6) is 40.2 Å². The number of benzene rings is 5. The minimum atomic E-state index is -0.140. The molecule has 0 aromatic heterocycles. The van der Waals surface area contributed by atoms with Crippen molar-refractivity contribution in [2.24, 2.45) is 0 Å². The molecule has 9 rings (SSSR count). The topological polar surface area (TPSA) is 69.7 Å². The van der Waals surface area contributed by atoms with E-state index in [9.17, 15) is 4.79 Å². The number of fused-ring (bicyclic) bond motifs is 2. The summed E-state index contributed by atoms with van der Waals surface area (Å²) in [6.45, 7) is 3.93. The normalized spacial score (nSPS) is 17.9. The molecule has 4 aliphatic rings. The molecule has 6 bridgehead atoms. The molecule has 0 spiro atoms. The number of ether oxygens (including phenoxy) is 5. The molecule has 0 radical (unpaired) electrons. The van der Waals surface area contributed by atoms with E-state index in [0.29, 0.717) is 51.5 Å². The number of hydrogen-bond donors (Lipinski definition) is 0. The maximum atomic E-state index is 13.8. The van der Waals surface area contributed by atoms with Gasteiger partial charge in [0.2, 0.25) is 5.75 Å². The van der Waals surface area contributed by atoms with E-state index in [0.717, 1.165) is 65.9 Å². The van der Waals surface area contributed by atoms with Crippen molar-refractivity contribution in [1.29, 1.82) is 0 Å². The van der Waals surface area contributed by atoms with Gasteiger partial charge in [-0.2, -0.15) is 0 Å². The number of carbonyl (C=O) groups excluding carboxylic acids is 1. The quantitative estimate of drug-likeness (QED) is 0.159. The molecule has 0 amide bonds. The summed E-state index contributed by atoms with van der Waals surface area (Å²) in [5, 5.41) is 0.584. The average Bonchev–Trinajstić information content (AvgIpc) is 3.18. The first-order chi connectivity index (χ1) is 26.6. The molecule has 0 aliphatic carbocycles. The fraction of sp³-hybridized carbons (Fsp3) is 0.326. The lowest BCUT2D eigenvalue weighted by Crippen LogP contribution is -2.34. The first kappa shape index (κ1) is 36.9. The van der Waals surface area contributed by atoms with Crippen molar-refractivity contribution in [2.75, 3.05) is 48.5 Å². The van der Waals surface area contributed by atoms with Crippen LogP contribution in [0.4, 0.5) is 0 Å². The molecular formula is C46H47ClN2O6. The average molecular weight is 759 g/mol. The summed E-state index contributed by atoms with van der Waals surface area (Å²) in [6, 6.07) is 26.0. The molecule has 9 heteroatoms. The maximum absolute atomic E-state index is 13.8. The van der Waals surface area contributed by atoms with Gasteiger partial charge in [-0.15, -0.1) is 0 Å². The summed E-state index contributed by atoms with van der Waals surface area (Å²) in [5.41, 5.74) is 9.51. The molecule has 5 aromatic carbocycles. The van der Waals surface area contributed by atoms with Crippen molar-refractivity contribution >= 4 is 17.4 Å². The highest BCUT2D eigenvalue weighted by atomic mass is 35.5. The van der Waals surface area contributed by atoms with Gasteiger partial charge in [0.15, 0.2) is 28.8 Å². The molecule has 2 atom stereocenters. The lowest BCUT2D eigenvalue weighted by atomic mass is 9.85.